The van der Waals surface area contributed by atoms with Gasteiger partial charge in [-0.05, 0) is 26.0 Å². The van der Waals surface area contributed by atoms with E-state index in [0.29, 0.717) is 16.4 Å². The number of nitrogens with one attached hydrogen (secondary N) is 2. The van der Waals surface area contributed by atoms with Gasteiger partial charge in [-0.3, -0.25) is 4.79 Å². The minimum atomic E-state index is -4.47. The predicted octanol–water partition coefficient (Wildman–Crippen LogP) is 1.97. The van der Waals surface area contributed by atoms with Crippen molar-refractivity contribution < 1.29 is 27.2 Å². The molecule has 6 nitrogen and oxygen atoms in total. The fraction of sp³-hybridized carbons (Fsp3) is 0.538. The van der Waals surface area contributed by atoms with Crippen molar-refractivity contribution in [2.75, 3.05) is 20.1 Å². The maximum absolute atomic E-state index is 12.1. The minimum Gasteiger partial charge on any atom is -0.464 e. The number of carbonyl (C=O) groups is 2. The maximum atomic E-state index is 12.1. The van der Waals surface area contributed by atoms with Gasteiger partial charge in [-0.1, -0.05) is 0 Å². The third kappa shape index (κ3) is 6.06. The summed E-state index contributed by atoms with van der Waals surface area (Å²) >= 11 is 0. The van der Waals surface area contributed by atoms with Gasteiger partial charge in [0.1, 0.15) is 18.1 Å². The lowest BCUT2D eigenvalue weighted by Crippen LogP contribution is -2.45. The largest absolute Gasteiger partial charge is 0.464 e. The first-order valence-electron chi connectivity index (χ1n) is 6.50. The third-order valence-corrected chi connectivity index (χ3v) is 2.78. The van der Waals surface area contributed by atoms with Crippen LogP contribution in [0.15, 0.2) is 16.5 Å². The van der Waals surface area contributed by atoms with E-state index in [1.807, 2.05) is 0 Å². The smallest absolute Gasteiger partial charge is 0.406 e. The van der Waals surface area contributed by atoms with Crippen LogP contribution in [-0.2, 0) is 4.79 Å². The van der Waals surface area contributed by atoms with Crippen LogP contribution in [0.2, 0.25) is 0 Å². The molecule has 0 fully saturated rings. The molecule has 3 amide bonds. The fourth-order valence-corrected chi connectivity index (χ4v) is 1.65. The number of carbonyl (C=O) groups excluding carboxylic acids is 2. The normalized spacial score (nSPS) is 12.6. The van der Waals surface area contributed by atoms with Crippen LogP contribution >= 0.6 is 0 Å². The number of likely N-dealkylation sites (N-methyl/N-ethyl adjacent to an activating group) is 1. The van der Waals surface area contributed by atoms with Crippen molar-refractivity contribution in [1.82, 2.24) is 15.5 Å². The Morgan fingerprint density at radius 1 is 1.36 bits per heavy atom. The highest BCUT2D eigenvalue weighted by Gasteiger charge is 2.31. The zero-order chi connectivity index (χ0) is 16.9. The van der Waals surface area contributed by atoms with E-state index in [9.17, 15) is 22.8 Å². The third-order valence-electron chi connectivity index (χ3n) is 2.78. The summed E-state index contributed by atoms with van der Waals surface area (Å²) in [5.41, 5.74) is 0. The van der Waals surface area contributed by atoms with Gasteiger partial charge in [-0.15, -0.1) is 0 Å². The molecule has 0 bridgehead atoms. The van der Waals surface area contributed by atoms with Gasteiger partial charge in [0.25, 0.3) is 0 Å². The number of hydrogen-bond acceptors (Lipinski definition) is 3. The van der Waals surface area contributed by atoms with E-state index in [1.165, 1.54) is 0 Å². The van der Waals surface area contributed by atoms with E-state index in [1.54, 1.807) is 26.0 Å². The molecule has 0 unspecified atom stereocenters. The van der Waals surface area contributed by atoms with Crippen molar-refractivity contribution >= 4 is 11.9 Å². The number of furan rings is 1. The Morgan fingerprint density at radius 2 is 2.00 bits per heavy atom. The summed E-state index contributed by atoms with van der Waals surface area (Å²) in [4.78, 5) is 23.5. The van der Waals surface area contributed by atoms with Crippen molar-refractivity contribution in [3.63, 3.8) is 0 Å². The minimum absolute atomic E-state index is 0.434. The molecule has 22 heavy (non-hydrogen) atoms. The highest BCUT2D eigenvalue weighted by molar-refractivity contribution is 5.83. The number of halogens is 3. The van der Waals surface area contributed by atoms with Gasteiger partial charge in [0.05, 0.1) is 12.6 Å². The molecule has 1 heterocycles. The topological polar surface area (TPSA) is 74.6 Å². The summed E-state index contributed by atoms with van der Waals surface area (Å²) in [7, 11) is 1.02. The van der Waals surface area contributed by atoms with Gasteiger partial charge in [-0.2, -0.15) is 13.2 Å². The second-order valence-electron chi connectivity index (χ2n) is 4.86. The van der Waals surface area contributed by atoms with Crippen molar-refractivity contribution in [1.29, 1.82) is 0 Å². The van der Waals surface area contributed by atoms with Crippen LogP contribution in [0.25, 0.3) is 0 Å². The van der Waals surface area contributed by atoms with E-state index in [-0.39, 0.29) is 0 Å². The van der Waals surface area contributed by atoms with Crippen LogP contribution in [0.5, 0.6) is 0 Å². The van der Waals surface area contributed by atoms with Crippen LogP contribution in [0.3, 0.4) is 0 Å². The average molecular weight is 321 g/mol. The Kier molecular flexibility index (Phi) is 5.84. The molecule has 1 atom stereocenters. The highest BCUT2D eigenvalue weighted by atomic mass is 19.4. The SMILES string of the molecule is Cc1ccc([C@H](C)NC(=O)NCC(=O)N(C)CC(F)(F)F)o1. The van der Waals surface area contributed by atoms with E-state index in [4.69, 9.17) is 4.42 Å². The van der Waals surface area contributed by atoms with Gasteiger partial charge < -0.3 is 20.0 Å². The molecule has 9 heteroatoms. The first-order chi connectivity index (χ1) is 10.1. The predicted molar refractivity (Wildman–Crippen MR) is 72.1 cm³/mol. The maximum Gasteiger partial charge on any atom is 0.406 e. The fourth-order valence-electron chi connectivity index (χ4n) is 1.65. The summed E-state index contributed by atoms with van der Waals surface area (Å²) in [5.74, 6) is 0.384. The number of alkyl halides is 3. The van der Waals surface area contributed by atoms with Crippen LogP contribution in [0.1, 0.15) is 24.5 Å². The molecule has 0 aromatic carbocycles. The average Bonchev–Trinajstić information content (AvgIpc) is 2.80. The van der Waals surface area contributed by atoms with Crippen LogP contribution in [-0.4, -0.2) is 43.2 Å². The monoisotopic (exact) mass is 321 g/mol. The second-order valence-corrected chi connectivity index (χ2v) is 4.86. The van der Waals surface area contributed by atoms with E-state index < -0.39 is 37.2 Å². The quantitative estimate of drug-likeness (QED) is 0.871. The van der Waals surface area contributed by atoms with Crippen molar-refractivity contribution in [2.24, 2.45) is 0 Å². The molecule has 1 aromatic rings. The number of amides is 3. The molecule has 124 valence electrons. The summed E-state index contributed by atoms with van der Waals surface area (Å²) in [6.07, 6.45) is -4.47. The number of aryl methyl sites for hydroxylation is 1. The molecular weight excluding hydrogens is 303 g/mol. The molecule has 2 N–H and O–H groups in total. The Labute approximate surface area is 125 Å². The molecular formula is C13H18F3N3O3. The standard InChI is InChI=1S/C13H18F3N3O3/c1-8-4-5-10(22-8)9(2)18-12(21)17-6-11(20)19(3)7-13(14,15)16/h4-5,9H,6-7H2,1-3H3,(H2,17,18,21)/t9-/m0/s1. The molecule has 1 aromatic heterocycles. The second kappa shape index (κ2) is 7.19. The Bertz CT molecular complexity index is 528. The van der Waals surface area contributed by atoms with Gasteiger partial charge in [0.2, 0.25) is 5.91 Å². The summed E-state index contributed by atoms with van der Waals surface area (Å²) in [6, 6.07) is 2.33. The molecule has 0 spiro atoms. The first kappa shape index (κ1) is 17.9. The molecule has 0 aliphatic rings. The zero-order valence-corrected chi connectivity index (χ0v) is 12.5. The zero-order valence-electron chi connectivity index (χ0n) is 12.5. The lowest BCUT2D eigenvalue weighted by molar-refractivity contribution is -0.157. The van der Waals surface area contributed by atoms with E-state index >= 15 is 0 Å². The summed E-state index contributed by atoms with van der Waals surface area (Å²) < 4.78 is 41.7. The highest BCUT2D eigenvalue weighted by Crippen LogP contribution is 2.16. The van der Waals surface area contributed by atoms with Crippen molar-refractivity contribution in [3.05, 3.63) is 23.7 Å². The molecule has 0 radical (unpaired) electrons. The Balaban J connectivity index is 2.38. The van der Waals surface area contributed by atoms with Crippen LogP contribution in [0.4, 0.5) is 18.0 Å². The summed E-state index contributed by atoms with van der Waals surface area (Å²) in [5, 5.41) is 4.72. The molecule has 0 saturated heterocycles. The van der Waals surface area contributed by atoms with Gasteiger partial charge in [-0.25, -0.2) is 4.79 Å². The number of urea groups is 1. The van der Waals surface area contributed by atoms with Gasteiger partial charge in [0, 0.05) is 7.05 Å². The van der Waals surface area contributed by atoms with Crippen LogP contribution < -0.4 is 10.6 Å². The number of rotatable bonds is 5. The molecule has 1 rings (SSSR count). The lowest BCUT2D eigenvalue weighted by atomic mass is 10.2. The molecule has 0 saturated carbocycles. The number of nitrogens with zero attached hydrogens (tertiary/aromatic N) is 1. The number of hydrogen-bond donors (Lipinski definition) is 2. The van der Waals surface area contributed by atoms with Crippen molar-refractivity contribution in [2.45, 2.75) is 26.1 Å². The lowest BCUT2D eigenvalue weighted by Gasteiger charge is -2.19. The van der Waals surface area contributed by atoms with Gasteiger partial charge in [0.15, 0.2) is 0 Å². The van der Waals surface area contributed by atoms with Crippen molar-refractivity contribution in [3.8, 4) is 0 Å². The molecule has 0 aliphatic carbocycles. The van der Waals surface area contributed by atoms with Crippen LogP contribution in [0, 0.1) is 6.92 Å². The summed E-state index contributed by atoms with van der Waals surface area (Å²) in [6.45, 7) is 1.54. The molecule has 0 aliphatic heterocycles. The van der Waals surface area contributed by atoms with E-state index in [2.05, 4.69) is 10.6 Å². The van der Waals surface area contributed by atoms with Gasteiger partial charge >= 0.3 is 12.2 Å². The first-order valence-corrected chi connectivity index (χ1v) is 6.50. The van der Waals surface area contributed by atoms with E-state index in [0.717, 1.165) is 7.05 Å². The Morgan fingerprint density at radius 3 is 2.50 bits per heavy atom. The Hall–Kier alpha value is -2.19.